The van der Waals surface area contributed by atoms with Crippen LogP contribution in [0.15, 0.2) is 17.2 Å². The average molecular weight is 229 g/mol. The van der Waals surface area contributed by atoms with E-state index in [0.717, 1.165) is 11.3 Å². The lowest BCUT2D eigenvalue weighted by atomic mass is 10.5. The van der Waals surface area contributed by atoms with Crippen LogP contribution in [0.2, 0.25) is 0 Å². The zero-order valence-corrected chi connectivity index (χ0v) is 8.48. The van der Waals surface area contributed by atoms with Crippen LogP contribution in [0.4, 0.5) is 9.80 Å². The Labute approximate surface area is 88.5 Å². The van der Waals surface area contributed by atoms with E-state index >= 15 is 0 Å². The summed E-state index contributed by atoms with van der Waals surface area (Å²) in [7, 11) is 1.21. The summed E-state index contributed by atoms with van der Waals surface area (Å²) >= 11 is 0.960. The summed E-state index contributed by atoms with van der Waals surface area (Å²) in [4.78, 5) is 21.0. The number of nitrogens with zero attached hydrogens (tertiary/aromatic N) is 2. The first kappa shape index (κ1) is 11.1. The molecule has 0 unspecified atom stereocenters. The van der Waals surface area contributed by atoms with Gasteiger partial charge in [-0.05, 0) is 6.07 Å². The van der Waals surface area contributed by atoms with Gasteiger partial charge in [0.2, 0.25) is 0 Å². The Hall–Kier alpha value is -1.96. The monoisotopic (exact) mass is 229 g/mol. The molecule has 0 aliphatic carbocycles. The van der Waals surface area contributed by atoms with Crippen molar-refractivity contribution < 1.29 is 14.5 Å². The average Bonchev–Trinajstić information content (AvgIpc) is 2.66. The van der Waals surface area contributed by atoms with Crippen LogP contribution in [0.25, 0.3) is 0 Å². The zero-order valence-electron chi connectivity index (χ0n) is 7.67. The molecule has 7 nitrogen and oxygen atoms in total. The van der Waals surface area contributed by atoms with Crippen LogP contribution in [0, 0.1) is 10.1 Å². The number of carbonyl (C=O) groups is 1. The second-order valence-corrected chi connectivity index (χ2v) is 3.39. The van der Waals surface area contributed by atoms with Gasteiger partial charge in [-0.1, -0.05) is 11.3 Å². The molecule has 0 saturated carbocycles. The molecule has 1 rings (SSSR count). The van der Waals surface area contributed by atoms with Gasteiger partial charge in [-0.3, -0.25) is 10.1 Å². The minimum absolute atomic E-state index is 0.0227. The summed E-state index contributed by atoms with van der Waals surface area (Å²) in [6.07, 6.45) is 0.603. The van der Waals surface area contributed by atoms with Crippen LogP contribution < -0.4 is 5.43 Å². The third-order valence-corrected chi connectivity index (χ3v) is 2.30. The van der Waals surface area contributed by atoms with Gasteiger partial charge in [-0.15, -0.1) is 0 Å². The van der Waals surface area contributed by atoms with Crippen molar-refractivity contribution in [2.45, 2.75) is 0 Å². The van der Waals surface area contributed by atoms with E-state index in [9.17, 15) is 14.9 Å². The lowest BCUT2D eigenvalue weighted by Crippen LogP contribution is -2.16. The lowest BCUT2D eigenvalue weighted by molar-refractivity contribution is -0.380. The van der Waals surface area contributed by atoms with E-state index < -0.39 is 11.0 Å². The van der Waals surface area contributed by atoms with Crippen LogP contribution in [-0.4, -0.2) is 24.3 Å². The van der Waals surface area contributed by atoms with E-state index in [1.54, 1.807) is 0 Å². The Bertz CT molecular complexity index is 401. The number of thiophene rings is 1. The SMILES string of the molecule is COC(=O)N/N=C\c1ccc([N+](=O)[O-])s1. The van der Waals surface area contributed by atoms with Gasteiger partial charge in [0.25, 0.3) is 0 Å². The number of hydrogen-bond acceptors (Lipinski definition) is 6. The first-order chi connectivity index (χ1) is 7.13. The first-order valence-electron chi connectivity index (χ1n) is 3.74. The predicted molar refractivity (Wildman–Crippen MR) is 54.1 cm³/mol. The van der Waals surface area contributed by atoms with Crippen molar-refractivity contribution in [3.63, 3.8) is 0 Å². The minimum atomic E-state index is -0.697. The third kappa shape index (κ3) is 3.35. The van der Waals surface area contributed by atoms with Crippen LogP contribution in [0.3, 0.4) is 0 Å². The van der Waals surface area contributed by atoms with Crippen molar-refractivity contribution in [3.8, 4) is 0 Å². The fraction of sp³-hybridized carbons (Fsp3) is 0.143. The van der Waals surface area contributed by atoms with Gasteiger partial charge >= 0.3 is 11.1 Å². The molecule has 0 radical (unpaired) electrons. The normalized spacial score (nSPS) is 10.2. The highest BCUT2D eigenvalue weighted by atomic mass is 32.1. The summed E-state index contributed by atoms with van der Waals surface area (Å²) in [5.74, 6) is 0. The second-order valence-electron chi connectivity index (χ2n) is 2.29. The van der Waals surface area contributed by atoms with Crippen LogP contribution in [0.1, 0.15) is 4.88 Å². The van der Waals surface area contributed by atoms with Crippen LogP contribution in [-0.2, 0) is 4.74 Å². The number of rotatable bonds is 3. The summed E-state index contributed by atoms with van der Waals surface area (Å²) < 4.78 is 4.26. The summed E-state index contributed by atoms with van der Waals surface area (Å²) in [5, 5.41) is 13.9. The second kappa shape index (κ2) is 5.05. The molecule has 0 saturated heterocycles. The Morgan fingerprint density at radius 1 is 1.73 bits per heavy atom. The Morgan fingerprint density at radius 3 is 3.00 bits per heavy atom. The highest BCUT2D eigenvalue weighted by Crippen LogP contribution is 2.22. The molecule has 1 amide bonds. The number of hydrogen-bond donors (Lipinski definition) is 1. The fourth-order valence-corrected chi connectivity index (χ4v) is 1.40. The molecule has 0 aliphatic rings. The number of hydrazone groups is 1. The molecule has 1 heterocycles. The Kier molecular flexibility index (Phi) is 3.75. The number of ether oxygens (including phenoxy) is 1. The summed E-state index contributed by atoms with van der Waals surface area (Å²) in [6, 6.07) is 2.90. The molecule has 15 heavy (non-hydrogen) atoms. The number of nitro groups is 1. The smallest absolute Gasteiger partial charge is 0.427 e. The van der Waals surface area contributed by atoms with Gasteiger partial charge in [-0.25, -0.2) is 10.2 Å². The van der Waals surface area contributed by atoms with E-state index in [-0.39, 0.29) is 5.00 Å². The molecule has 0 spiro atoms. The zero-order chi connectivity index (χ0) is 11.3. The lowest BCUT2D eigenvalue weighted by Gasteiger charge is -1.93. The molecular formula is C7H7N3O4S. The van der Waals surface area contributed by atoms with E-state index in [4.69, 9.17) is 0 Å². The van der Waals surface area contributed by atoms with Crippen molar-refractivity contribution in [3.05, 3.63) is 27.1 Å². The third-order valence-electron chi connectivity index (χ3n) is 1.33. The first-order valence-corrected chi connectivity index (χ1v) is 4.56. The maximum atomic E-state index is 10.6. The van der Waals surface area contributed by atoms with Crippen LogP contribution >= 0.6 is 11.3 Å². The van der Waals surface area contributed by atoms with E-state index in [1.165, 1.54) is 25.5 Å². The Morgan fingerprint density at radius 2 is 2.47 bits per heavy atom. The number of carbonyl (C=O) groups excluding carboxylic acids is 1. The van der Waals surface area contributed by atoms with Crippen molar-refractivity contribution in [2.75, 3.05) is 7.11 Å². The highest BCUT2D eigenvalue weighted by molar-refractivity contribution is 7.16. The molecule has 0 aliphatic heterocycles. The molecule has 0 fully saturated rings. The van der Waals surface area contributed by atoms with E-state index in [0.29, 0.717) is 4.88 Å². The molecule has 8 heteroatoms. The van der Waals surface area contributed by atoms with Gasteiger partial charge in [0.05, 0.1) is 23.1 Å². The minimum Gasteiger partial charge on any atom is -0.452 e. The Balaban J connectivity index is 2.57. The number of nitrogens with one attached hydrogen (secondary N) is 1. The maximum absolute atomic E-state index is 10.6. The van der Waals surface area contributed by atoms with Crippen LogP contribution in [0.5, 0.6) is 0 Å². The fourth-order valence-electron chi connectivity index (χ4n) is 0.704. The molecule has 0 atom stereocenters. The van der Waals surface area contributed by atoms with Crippen molar-refractivity contribution in [1.29, 1.82) is 0 Å². The predicted octanol–water partition coefficient (Wildman–Crippen LogP) is 1.35. The molecule has 0 aromatic carbocycles. The molecule has 1 aromatic rings. The quantitative estimate of drug-likeness (QED) is 0.480. The molecular weight excluding hydrogens is 222 g/mol. The van der Waals surface area contributed by atoms with Gasteiger partial charge in [0.1, 0.15) is 0 Å². The molecule has 80 valence electrons. The molecule has 1 N–H and O–H groups in total. The van der Waals surface area contributed by atoms with E-state index in [1.807, 2.05) is 0 Å². The summed E-state index contributed by atoms with van der Waals surface area (Å²) in [6.45, 7) is 0. The highest BCUT2D eigenvalue weighted by Gasteiger charge is 2.07. The maximum Gasteiger partial charge on any atom is 0.427 e. The van der Waals surface area contributed by atoms with Crippen molar-refractivity contribution in [2.24, 2.45) is 5.10 Å². The van der Waals surface area contributed by atoms with Gasteiger partial charge < -0.3 is 4.74 Å². The number of methoxy groups -OCH3 is 1. The van der Waals surface area contributed by atoms with E-state index in [2.05, 4.69) is 15.3 Å². The topological polar surface area (TPSA) is 93.8 Å². The van der Waals surface area contributed by atoms with Gasteiger partial charge in [0.15, 0.2) is 0 Å². The van der Waals surface area contributed by atoms with Gasteiger partial charge in [-0.2, -0.15) is 5.10 Å². The summed E-state index contributed by atoms with van der Waals surface area (Å²) in [5.41, 5.74) is 2.06. The van der Waals surface area contributed by atoms with Crippen molar-refractivity contribution >= 4 is 28.6 Å². The molecule has 0 bridgehead atoms. The molecule has 1 aromatic heterocycles. The van der Waals surface area contributed by atoms with Gasteiger partial charge in [0, 0.05) is 6.07 Å². The van der Waals surface area contributed by atoms with Crippen molar-refractivity contribution in [1.82, 2.24) is 5.43 Å². The number of amides is 1. The largest absolute Gasteiger partial charge is 0.452 e. The standard InChI is InChI=1S/C7H7N3O4S/c1-14-7(11)9-8-4-5-2-3-6(15-5)10(12)13/h2-4H,1H3,(H,9,11)/b8-4-.